The van der Waals surface area contributed by atoms with E-state index in [1.54, 1.807) is 24.3 Å². The molecule has 2 rings (SSSR count). The maximum atomic E-state index is 12.5. The smallest absolute Gasteiger partial charge is 0.380 e. The van der Waals surface area contributed by atoms with Gasteiger partial charge in [-0.05, 0) is 26.0 Å². The van der Waals surface area contributed by atoms with Gasteiger partial charge in [-0.2, -0.15) is 13.2 Å². The lowest BCUT2D eigenvalue weighted by Crippen LogP contribution is -2.44. The van der Waals surface area contributed by atoms with Crippen LogP contribution in [0.15, 0.2) is 29.6 Å². The summed E-state index contributed by atoms with van der Waals surface area (Å²) in [7, 11) is 0. The maximum absolute atomic E-state index is 12.5. The minimum Gasteiger partial charge on any atom is -0.380 e. The van der Waals surface area contributed by atoms with Crippen LogP contribution in [-0.2, 0) is 4.79 Å². The van der Waals surface area contributed by atoms with Crippen LogP contribution in [-0.4, -0.2) is 27.8 Å². The molecule has 0 radical (unpaired) electrons. The van der Waals surface area contributed by atoms with Gasteiger partial charge in [0.1, 0.15) is 0 Å². The maximum Gasteiger partial charge on any atom is 0.417 e. The number of amides is 1. The number of nitrogens with zero attached hydrogens (tertiary/aromatic N) is 1. The van der Waals surface area contributed by atoms with Crippen molar-refractivity contribution in [1.29, 1.82) is 0 Å². The third-order valence-corrected chi connectivity index (χ3v) is 3.97. The van der Waals surface area contributed by atoms with Gasteiger partial charge in [0.05, 0.1) is 17.1 Å². The number of carbonyl (C=O) groups is 1. The second kappa shape index (κ2) is 6.29. The topological polar surface area (TPSA) is 62.2 Å². The van der Waals surface area contributed by atoms with E-state index in [1.807, 2.05) is 12.3 Å². The van der Waals surface area contributed by atoms with Gasteiger partial charge in [0.25, 0.3) is 0 Å². The van der Waals surface area contributed by atoms with Crippen LogP contribution in [0.25, 0.3) is 11.3 Å². The molecule has 0 saturated carbocycles. The number of halogens is 3. The molecule has 0 aliphatic rings. The molecule has 1 atom stereocenters. The van der Waals surface area contributed by atoms with E-state index >= 15 is 0 Å². The van der Waals surface area contributed by atoms with Crippen molar-refractivity contribution >= 4 is 22.9 Å². The molecule has 124 valence electrons. The zero-order valence-corrected chi connectivity index (χ0v) is 13.3. The van der Waals surface area contributed by atoms with Crippen molar-refractivity contribution in [2.75, 3.05) is 5.32 Å². The molecule has 1 aromatic heterocycles. The Bertz CT molecular complexity index is 693. The van der Waals surface area contributed by atoms with Gasteiger partial charge in [-0.25, -0.2) is 4.98 Å². The highest BCUT2D eigenvalue weighted by Crippen LogP contribution is 2.33. The number of aliphatic hydroxyl groups is 1. The van der Waals surface area contributed by atoms with Gasteiger partial charge >= 0.3 is 6.18 Å². The molecule has 2 N–H and O–H groups in total. The minimum absolute atomic E-state index is 0.351. The Morgan fingerprint density at radius 2 is 1.91 bits per heavy atom. The second-order valence-electron chi connectivity index (χ2n) is 5.33. The Balaban J connectivity index is 2.02. The molecule has 0 fully saturated rings. The number of hydrogen-bond donors (Lipinski definition) is 2. The van der Waals surface area contributed by atoms with Crippen LogP contribution in [0.4, 0.5) is 18.9 Å². The van der Waals surface area contributed by atoms with E-state index in [4.69, 9.17) is 0 Å². The van der Waals surface area contributed by atoms with Crippen molar-refractivity contribution in [2.45, 2.75) is 32.0 Å². The first-order valence-corrected chi connectivity index (χ1v) is 7.58. The lowest BCUT2D eigenvalue weighted by molar-refractivity contribution is -0.252. The molecule has 4 nitrogen and oxygen atoms in total. The van der Waals surface area contributed by atoms with E-state index in [0.29, 0.717) is 12.6 Å². The molecule has 1 amide bonds. The van der Waals surface area contributed by atoms with Crippen LogP contribution >= 0.6 is 11.3 Å². The Morgan fingerprint density at radius 1 is 1.30 bits per heavy atom. The predicted molar refractivity (Wildman–Crippen MR) is 82.2 cm³/mol. The van der Waals surface area contributed by atoms with E-state index in [-0.39, 0.29) is 0 Å². The van der Waals surface area contributed by atoms with Crippen LogP contribution in [0, 0.1) is 6.92 Å². The largest absolute Gasteiger partial charge is 0.417 e. The first kappa shape index (κ1) is 17.4. The zero-order valence-electron chi connectivity index (χ0n) is 12.4. The number of aromatic nitrogens is 1. The van der Waals surface area contributed by atoms with Gasteiger partial charge in [0.2, 0.25) is 5.91 Å². The lowest BCUT2D eigenvalue weighted by atomic mass is 10.0. The lowest BCUT2D eigenvalue weighted by Gasteiger charge is -2.25. The first-order valence-electron chi connectivity index (χ1n) is 6.70. The molecule has 0 spiro atoms. The van der Waals surface area contributed by atoms with E-state index in [9.17, 15) is 23.1 Å². The summed E-state index contributed by atoms with van der Waals surface area (Å²) in [4.78, 5) is 16.0. The van der Waals surface area contributed by atoms with E-state index in [2.05, 4.69) is 10.3 Å². The standard InChI is InChI=1S/C15H15F3N2O2S/c1-9-19-12(8-23-9)10-3-5-11(6-4-10)20-13(21)7-14(2,22)15(16,17)18/h3-6,8,22H,7H2,1-2H3,(H,20,21)/t14-/m1/s1. The highest BCUT2D eigenvalue weighted by atomic mass is 32.1. The molecule has 2 aromatic rings. The summed E-state index contributed by atoms with van der Waals surface area (Å²) >= 11 is 1.51. The Kier molecular flexibility index (Phi) is 4.76. The Hall–Kier alpha value is -1.93. The molecule has 0 bridgehead atoms. The number of aryl methyl sites for hydroxylation is 1. The predicted octanol–water partition coefficient (Wildman–Crippen LogP) is 3.76. The Labute approximate surface area is 135 Å². The number of hydrogen-bond acceptors (Lipinski definition) is 4. The number of rotatable bonds is 4. The average Bonchev–Trinajstić information content (AvgIpc) is 2.84. The summed E-state index contributed by atoms with van der Waals surface area (Å²) in [5.74, 6) is -0.912. The van der Waals surface area contributed by atoms with Gasteiger partial charge in [0.15, 0.2) is 5.60 Å². The van der Waals surface area contributed by atoms with Crippen LogP contribution in [0.2, 0.25) is 0 Å². The molecule has 0 unspecified atom stereocenters. The quantitative estimate of drug-likeness (QED) is 0.888. The van der Waals surface area contributed by atoms with Gasteiger partial charge in [-0.3, -0.25) is 4.79 Å². The summed E-state index contributed by atoms with van der Waals surface area (Å²) in [6, 6.07) is 6.58. The number of benzene rings is 1. The van der Waals surface area contributed by atoms with Gasteiger partial charge in [0, 0.05) is 16.6 Å². The monoisotopic (exact) mass is 344 g/mol. The summed E-state index contributed by atoms with van der Waals surface area (Å²) in [5, 5.41) is 14.5. The molecular weight excluding hydrogens is 329 g/mol. The molecule has 0 aliphatic carbocycles. The van der Waals surface area contributed by atoms with Crippen molar-refractivity contribution in [3.63, 3.8) is 0 Å². The van der Waals surface area contributed by atoms with Crippen LogP contribution in [0.5, 0.6) is 0 Å². The first-order chi connectivity index (χ1) is 10.6. The van der Waals surface area contributed by atoms with Crippen LogP contribution < -0.4 is 5.32 Å². The molecule has 1 heterocycles. The third kappa shape index (κ3) is 4.29. The molecular formula is C15H15F3N2O2S. The van der Waals surface area contributed by atoms with E-state index < -0.39 is 24.1 Å². The van der Waals surface area contributed by atoms with Gasteiger partial charge < -0.3 is 10.4 Å². The van der Waals surface area contributed by atoms with Crippen molar-refractivity contribution in [3.05, 3.63) is 34.7 Å². The second-order valence-corrected chi connectivity index (χ2v) is 6.39. The SMILES string of the molecule is Cc1nc(-c2ccc(NC(=O)C[C@@](C)(O)C(F)(F)F)cc2)cs1. The summed E-state index contributed by atoms with van der Waals surface area (Å²) in [6.07, 6.45) is -5.93. The zero-order chi connectivity index (χ0) is 17.3. The third-order valence-electron chi connectivity index (χ3n) is 3.20. The van der Waals surface area contributed by atoms with E-state index in [0.717, 1.165) is 16.3 Å². The number of thiazole rings is 1. The molecule has 23 heavy (non-hydrogen) atoms. The Morgan fingerprint density at radius 3 is 2.39 bits per heavy atom. The number of carbonyl (C=O) groups excluding carboxylic acids is 1. The van der Waals surface area contributed by atoms with Gasteiger partial charge in [-0.1, -0.05) is 12.1 Å². The number of nitrogens with one attached hydrogen (secondary N) is 1. The van der Waals surface area contributed by atoms with Gasteiger partial charge in [-0.15, -0.1) is 11.3 Å². The summed E-state index contributed by atoms with van der Waals surface area (Å²) in [6.45, 7) is 2.45. The summed E-state index contributed by atoms with van der Waals surface area (Å²) in [5.41, 5.74) is -1.07. The number of alkyl halides is 3. The minimum atomic E-state index is -4.86. The van der Waals surface area contributed by atoms with Crippen molar-refractivity contribution in [1.82, 2.24) is 4.98 Å². The fourth-order valence-electron chi connectivity index (χ4n) is 1.84. The molecule has 0 saturated heterocycles. The van der Waals surface area contributed by atoms with Crippen molar-refractivity contribution in [3.8, 4) is 11.3 Å². The highest BCUT2D eigenvalue weighted by Gasteiger charge is 2.50. The fourth-order valence-corrected chi connectivity index (χ4v) is 2.46. The molecule has 1 aromatic carbocycles. The molecule has 0 aliphatic heterocycles. The van der Waals surface area contributed by atoms with Crippen molar-refractivity contribution in [2.24, 2.45) is 0 Å². The normalized spacial score (nSPS) is 14.3. The average molecular weight is 344 g/mol. The summed E-state index contributed by atoms with van der Waals surface area (Å²) < 4.78 is 37.6. The van der Waals surface area contributed by atoms with Crippen molar-refractivity contribution < 1.29 is 23.1 Å². The van der Waals surface area contributed by atoms with E-state index in [1.165, 1.54) is 11.3 Å². The van der Waals surface area contributed by atoms with Crippen LogP contribution in [0.3, 0.4) is 0 Å². The fraction of sp³-hybridized carbons (Fsp3) is 0.333. The highest BCUT2D eigenvalue weighted by molar-refractivity contribution is 7.09. The number of anilines is 1. The molecule has 8 heteroatoms. The van der Waals surface area contributed by atoms with Crippen LogP contribution in [0.1, 0.15) is 18.4 Å².